The third kappa shape index (κ3) is 4.58. The Morgan fingerprint density at radius 2 is 2.00 bits per heavy atom. The van der Waals surface area contributed by atoms with Crippen molar-refractivity contribution in [2.75, 3.05) is 6.54 Å². The third-order valence-corrected chi connectivity index (χ3v) is 3.94. The molecule has 5 heteroatoms. The number of amides is 2. The maximum Gasteiger partial charge on any atom is 0.315 e. The first-order chi connectivity index (χ1) is 9.25. The molecule has 0 bridgehead atoms. The van der Waals surface area contributed by atoms with Crippen molar-refractivity contribution >= 4 is 29.0 Å². The van der Waals surface area contributed by atoms with Gasteiger partial charge >= 0.3 is 6.03 Å². The van der Waals surface area contributed by atoms with Crippen LogP contribution in [-0.4, -0.2) is 12.6 Å². The van der Waals surface area contributed by atoms with Crippen LogP contribution < -0.4 is 10.6 Å². The highest BCUT2D eigenvalue weighted by atomic mass is 35.5. The predicted molar refractivity (Wildman–Crippen MR) is 79.7 cm³/mol. The lowest BCUT2D eigenvalue weighted by Gasteiger charge is -2.08. The molecule has 2 rings (SSSR count). The molecule has 0 aliphatic rings. The van der Waals surface area contributed by atoms with E-state index in [0.717, 1.165) is 12.0 Å². The van der Waals surface area contributed by atoms with Crippen molar-refractivity contribution in [1.29, 1.82) is 0 Å². The summed E-state index contributed by atoms with van der Waals surface area (Å²) in [5, 5.41) is 8.32. The number of carbonyl (C=O) groups excluding carboxylic acids is 1. The fourth-order valence-corrected chi connectivity index (χ4v) is 2.55. The van der Waals surface area contributed by atoms with Crippen LogP contribution >= 0.6 is 22.9 Å². The first-order valence-electron chi connectivity index (χ1n) is 6.03. The molecule has 0 saturated carbocycles. The molecule has 0 radical (unpaired) electrons. The Kier molecular flexibility index (Phi) is 5.24. The zero-order chi connectivity index (χ0) is 13.5. The molecule has 0 unspecified atom stereocenters. The standard InChI is InChI=1S/C14H15ClN2OS/c15-13-6-2-1-4-11(13)10-17-14(18)16-8-7-12-5-3-9-19-12/h1-6,9H,7-8,10H2,(H2,16,17,18). The Hall–Kier alpha value is -1.52. The van der Waals surface area contributed by atoms with Crippen molar-refractivity contribution in [1.82, 2.24) is 10.6 Å². The van der Waals surface area contributed by atoms with Crippen molar-refractivity contribution in [3.05, 3.63) is 57.2 Å². The molecule has 2 N–H and O–H groups in total. The Labute approximate surface area is 121 Å². The number of nitrogens with one attached hydrogen (secondary N) is 2. The number of benzene rings is 1. The van der Waals surface area contributed by atoms with Crippen LogP contribution in [0.4, 0.5) is 4.79 Å². The summed E-state index contributed by atoms with van der Waals surface area (Å²) in [6, 6.07) is 11.4. The van der Waals surface area contributed by atoms with Gasteiger partial charge in [0, 0.05) is 23.0 Å². The van der Waals surface area contributed by atoms with E-state index in [2.05, 4.69) is 16.7 Å². The lowest BCUT2D eigenvalue weighted by Crippen LogP contribution is -2.36. The van der Waals surface area contributed by atoms with Gasteiger partial charge in [-0.25, -0.2) is 4.79 Å². The fourth-order valence-electron chi connectivity index (χ4n) is 1.63. The van der Waals surface area contributed by atoms with Gasteiger partial charge < -0.3 is 10.6 Å². The summed E-state index contributed by atoms with van der Waals surface area (Å²) in [4.78, 5) is 12.9. The maximum absolute atomic E-state index is 11.6. The van der Waals surface area contributed by atoms with Gasteiger partial charge in [0.1, 0.15) is 0 Å². The third-order valence-electron chi connectivity index (χ3n) is 2.63. The van der Waals surface area contributed by atoms with Gasteiger partial charge in [-0.3, -0.25) is 0 Å². The average molecular weight is 295 g/mol. The van der Waals surface area contributed by atoms with Crippen molar-refractivity contribution in [2.45, 2.75) is 13.0 Å². The normalized spacial score (nSPS) is 10.2. The molecular formula is C14H15ClN2OS. The molecule has 3 nitrogen and oxygen atoms in total. The number of hydrogen-bond donors (Lipinski definition) is 2. The van der Waals surface area contributed by atoms with Gasteiger partial charge in [0.25, 0.3) is 0 Å². The van der Waals surface area contributed by atoms with Crippen LogP contribution in [0, 0.1) is 0 Å². The summed E-state index contributed by atoms with van der Waals surface area (Å²) in [6.07, 6.45) is 0.858. The Morgan fingerprint density at radius 3 is 2.74 bits per heavy atom. The number of hydrogen-bond acceptors (Lipinski definition) is 2. The second-order valence-corrected chi connectivity index (χ2v) is 5.47. The molecule has 2 amide bonds. The zero-order valence-electron chi connectivity index (χ0n) is 10.4. The molecule has 0 atom stereocenters. The first kappa shape index (κ1) is 13.9. The molecule has 0 aliphatic carbocycles. The Bertz CT molecular complexity index is 528. The smallest absolute Gasteiger partial charge is 0.315 e. The SMILES string of the molecule is O=C(NCCc1cccs1)NCc1ccccc1Cl. The highest BCUT2D eigenvalue weighted by Crippen LogP contribution is 2.14. The first-order valence-corrected chi connectivity index (χ1v) is 7.29. The highest BCUT2D eigenvalue weighted by molar-refractivity contribution is 7.09. The second kappa shape index (κ2) is 7.16. The minimum Gasteiger partial charge on any atom is -0.338 e. The number of thiophene rings is 1. The Morgan fingerprint density at radius 1 is 1.16 bits per heavy atom. The summed E-state index contributed by atoms with van der Waals surface area (Å²) in [7, 11) is 0. The molecule has 1 aromatic heterocycles. The van der Waals surface area contributed by atoms with Crippen LogP contribution in [0.25, 0.3) is 0 Å². The average Bonchev–Trinajstić information content (AvgIpc) is 2.91. The summed E-state index contributed by atoms with van der Waals surface area (Å²) in [5.74, 6) is 0. The van der Waals surface area contributed by atoms with Gasteiger partial charge in [0.15, 0.2) is 0 Å². The fraction of sp³-hybridized carbons (Fsp3) is 0.214. The topological polar surface area (TPSA) is 41.1 Å². The van der Waals surface area contributed by atoms with Gasteiger partial charge in [-0.2, -0.15) is 0 Å². The summed E-state index contributed by atoms with van der Waals surface area (Å²) < 4.78 is 0. The zero-order valence-corrected chi connectivity index (χ0v) is 11.9. The number of halogens is 1. The van der Waals surface area contributed by atoms with E-state index in [1.54, 1.807) is 11.3 Å². The van der Waals surface area contributed by atoms with E-state index in [1.807, 2.05) is 35.7 Å². The van der Waals surface area contributed by atoms with Crippen LogP contribution in [0.1, 0.15) is 10.4 Å². The van der Waals surface area contributed by atoms with E-state index in [1.165, 1.54) is 4.88 Å². The molecule has 0 spiro atoms. The van der Waals surface area contributed by atoms with Gasteiger partial charge in [-0.15, -0.1) is 11.3 Å². The largest absolute Gasteiger partial charge is 0.338 e. The van der Waals surface area contributed by atoms with Crippen molar-refractivity contribution in [3.63, 3.8) is 0 Å². The lowest BCUT2D eigenvalue weighted by atomic mass is 10.2. The number of carbonyl (C=O) groups is 1. The van der Waals surface area contributed by atoms with E-state index in [-0.39, 0.29) is 6.03 Å². The summed E-state index contributed by atoms with van der Waals surface area (Å²) in [5.41, 5.74) is 0.914. The van der Waals surface area contributed by atoms with Crippen LogP contribution in [0.2, 0.25) is 5.02 Å². The summed E-state index contributed by atoms with van der Waals surface area (Å²) >= 11 is 7.71. The molecule has 19 heavy (non-hydrogen) atoms. The second-order valence-electron chi connectivity index (χ2n) is 4.03. The van der Waals surface area contributed by atoms with Gasteiger partial charge in [0.05, 0.1) is 0 Å². The molecule has 1 heterocycles. The van der Waals surface area contributed by atoms with E-state index >= 15 is 0 Å². The van der Waals surface area contributed by atoms with Gasteiger partial charge in [-0.05, 0) is 29.5 Å². The van der Waals surface area contributed by atoms with Crippen molar-refractivity contribution in [2.24, 2.45) is 0 Å². The number of rotatable bonds is 5. The molecule has 0 fully saturated rings. The van der Waals surface area contributed by atoms with Crippen LogP contribution in [0.15, 0.2) is 41.8 Å². The lowest BCUT2D eigenvalue weighted by molar-refractivity contribution is 0.240. The van der Waals surface area contributed by atoms with Crippen LogP contribution in [0.3, 0.4) is 0 Å². The van der Waals surface area contributed by atoms with Crippen molar-refractivity contribution in [3.8, 4) is 0 Å². The summed E-state index contributed by atoms with van der Waals surface area (Å²) in [6.45, 7) is 1.07. The van der Waals surface area contributed by atoms with Gasteiger partial charge in [0.2, 0.25) is 0 Å². The highest BCUT2D eigenvalue weighted by Gasteiger charge is 2.02. The van der Waals surface area contributed by atoms with Crippen molar-refractivity contribution < 1.29 is 4.79 Å². The number of urea groups is 1. The van der Waals surface area contributed by atoms with E-state index in [9.17, 15) is 4.79 Å². The quantitative estimate of drug-likeness (QED) is 0.871. The molecule has 100 valence electrons. The van der Waals surface area contributed by atoms with Gasteiger partial charge in [-0.1, -0.05) is 35.9 Å². The van der Waals surface area contributed by atoms with E-state index in [0.29, 0.717) is 18.1 Å². The maximum atomic E-state index is 11.6. The molecule has 0 aliphatic heterocycles. The molecule has 1 aromatic carbocycles. The van der Waals surface area contributed by atoms with Crippen LogP contribution in [-0.2, 0) is 13.0 Å². The molecule has 0 saturated heterocycles. The van der Waals surface area contributed by atoms with E-state index < -0.39 is 0 Å². The monoisotopic (exact) mass is 294 g/mol. The minimum atomic E-state index is -0.170. The van der Waals surface area contributed by atoms with E-state index in [4.69, 9.17) is 11.6 Å². The molecular weight excluding hydrogens is 280 g/mol. The minimum absolute atomic E-state index is 0.170. The Balaban J connectivity index is 1.69. The van der Waals surface area contributed by atoms with Crippen LogP contribution in [0.5, 0.6) is 0 Å². The molecule has 2 aromatic rings. The predicted octanol–water partition coefficient (Wildman–Crippen LogP) is 3.44.